The zero-order chi connectivity index (χ0) is 29.5. The van der Waals surface area contributed by atoms with Gasteiger partial charge in [-0.1, -0.05) is 46.8 Å². The van der Waals surface area contributed by atoms with E-state index in [-0.39, 0.29) is 23.9 Å². The highest BCUT2D eigenvalue weighted by molar-refractivity contribution is 8.00. The number of amides is 3. The van der Waals surface area contributed by atoms with E-state index in [0.29, 0.717) is 52.5 Å². The Kier molecular flexibility index (Phi) is 7.97. The summed E-state index contributed by atoms with van der Waals surface area (Å²) in [4.78, 5) is 69.6. The van der Waals surface area contributed by atoms with Gasteiger partial charge < -0.3 is 14.4 Å². The van der Waals surface area contributed by atoms with Crippen molar-refractivity contribution < 1.29 is 28.7 Å². The van der Waals surface area contributed by atoms with E-state index in [0.717, 1.165) is 33.6 Å². The molecule has 3 aliphatic rings. The number of carbonyl (C=O) groups excluding carboxylic acids is 4. The molecule has 3 atom stereocenters. The van der Waals surface area contributed by atoms with Gasteiger partial charge in [0.25, 0.3) is 0 Å². The normalized spacial score (nSPS) is 21.7. The Balaban J connectivity index is 1.38. The van der Waals surface area contributed by atoms with Crippen molar-refractivity contribution in [3.63, 3.8) is 0 Å². The van der Waals surface area contributed by atoms with Crippen molar-refractivity contribution >= 4 is 64.1 Å². The summed E-state index contributed by atoms with van der Waals surface area (Å²) >= 11 is 8.32. The quantitative estimate of drug-likeness (QED) is 0.302. The van der Waals surface area contributed by atoms with Crippen LogP contribution in [0.1, 0.15) is 33.6 Å². The van der Waals surface area contributed by atoms with Gasteiger partial charge in [-0.25, -0.2) is 9.69 Å². The molecule has 10 nitrogen and oxygen atoms in total. The van der Waals surface area contributed by atoms with E-state index in [1.54, 1.807) is 48.2 Å². The Morgan fingerprint density at radius 3 is 2.36 bits per heavy atom. The number of anilines is 1. The molecule has 2 aromatic carbocycles. The largest absolute Gasteiger partial charge is 0.462 e. The van der Waals surface area contributed by atoms with Gasteiger partial charge in [-0.15, -0.1) is 0 Å². The van der Waals surface area contributed by atoms with Gasteiger partial charge in [0, 0.05) is 28.9 Å². The molecule has 0 bridgehead atoms. The Morgan fingerprint density at radius 2 is 1.69 bits per heavy atom. The van der Waals surface area contributed by atoms with Crippen molar-refractivity contribution in [2.24, 2.45) is 5.92 Å². The smallest absolute Gasteiger partial charge is 0.338 e. The summed E-state index contributed by atoms with van der Waals surface area (Å²) in [5, 5.41) is 0.210. The molecule has 13 heteroatoms. The summed E-state index contributed by atoms with van der Waals surface area (Å²) in [6.45, 7) is 3.54. The Bertz CT molecular complexity index is 1610. The topological polar surface area (TPSA) is 115 Å². The maximum atomic E-state index is 14.0. The number of imide groups is 1. The van der Waals surface area contributed by atoms with Crippen LogP contribution in [0.15, 0.2) is 58.4 Å². The molecule has 0 saturated carbocycles. The number of benzene rings is 2. The van der Waals surface area contributed by atoms with Gasteiger partial charge in [-0.3, -0.25) is 23.7 Å². The van der Waals surface area contributed by atoms with E-state index in [1.807, 2.05) is 0 Å². The first-order valence-electron chi connectivity index (χ1n) is 13.4. The zero-order valence-electron chi connectivity index (χ0n) is 22.5. The van der Waals surface area contributed by atoms with E-state index in [4.69, 9.17) is 21.1 Å². The third kappa shape index (κ3) is 5.06. The minimum absolute atomic E-state index is 0.163. The molecular formula is C29H26ClN3O7S2. The number of morpholine rings is 1. The van der Waals surface area contributed by atoms with Crippen LogP contribution in [0.2, 0.25) is 5.02 Å². The van der Waals surface area contributed by atoms with Crippen LogP contribution < -0.4 is 9.77 Å². The molecule has 2 saturated heterocycles. The van der Waals surface area contributed by atoms with E-state index < -0.39 is 34.9 Å². The fourth-order valence-electron chi connectivity index (χ4n) is 5.55. The molecule has 0 radical (unpaired) electrons. The lowest BCUT2D eigenvalue weighted by molar-refractivity contribution is -0.136. The van der Waals surface area contributed by atoms with Gasteiger partial charge in [0.1, 0.15) is 11.8 Å². The third-order valence-corrected chi connectivity index (χ3v) is 10.4. The number of rotatable bonds is 6. The fourth-order valence-corrected chi connectivity index (χ4v) is 8.45. The number of nitrogens with zero attached hydrogens (tertiary/aromatic N) is 3. The highest BCUT2D eigenvalue weighted by Gasteiger charge is 2.56. The van der Waals surface area contributed by atoms with Crippen LogP contribution in [0.5, 0.6) is 0 Å². The van der Waals surface area contributed by atoms with E-state index >= 15 is 0 Å². The van der Waals surface area contributed by atoms with Gasteiger partial charge in [0.05, 0.1) is 42.0 Å². The number of thioether (sulfide) groups is 1. The molecule has 1 aromatic heterocycles. The van der Waals surface area contributed by atoms with Gasteiger partial charge in [0.15, 0.2) is 0 Å². The summed E-state index contributed by atoms with van der Waals surface area (Å²) in [6.07, 6.45) is 0. The second kappa shape index (κ2) is 11.7. The highest BCUT2D eigenvalue weighted by Crippen LogP contribution is 2.54. The fraction of sp³-hybridized carbons (Fsp3) is 0.345. The molecule has 218 valence electrons. The van der Waals surface area contributed by atoms with Crippen molar-refractivity contribution in [1.82, 2.24) is 9.47 Å². The molecule has 3 aliphatic heterocycles. The first kappa shape index (κ1) is 28.7. The molecule has 2 fully saturated rings. The molecule has 0 spiro atoms. The van der Waals surface area contributed by atoms with Crippen molar-refractivity contribution in [3.8, 4) is 0 Å². The standard InChI is InChI=1S/C29H26ClN3O7S2/c1-2-40-28(37)17-5-9-19(10-6-17)33-25(35)22-21(16-3-7-18(30)8-4-16)24-27(41-23(22)26(33)36)32(29(38)42-24)15-20(34)31-11-13-39-14-12-31/h3-10,21-23H,2,11-15H2,1H3/t21-,22-,23+/m0/s1. The minimum atomic E-state index is -0.825. The molecule has 0 aliphatic carbocycles. The van der Waals surface area contributed by atoms with E-state index in [1.165, 1.54) is 16.7 Å². The second-order valence-corrected chi connectivity index (χ2v) is 12.5. The Morgan fingerprint density at radius 1 is 1.00 bits per heavy atom. The maximum absolute atomic E-state index is 14.0. The van der Waals surface area contributed by atoms with Gasteiger partial charge >= 0.3 is 10.8 Å². The molecule has 0 N–H and O–H groups in total. The zero-order valence-corrected chi connectivity index (χ0v) is 24.9. The van der Waals surface area contributed by atoms with E-state index in [9.17, 15) is 24.0 Å². The number of hydrogen-bond donors (Lipinski definition) is 0. The van der Waals surface area contributed by atoms with Crippen LogP contribution in [0.3, 0.4) is 0 Å². The molecule has 42 heavy (non-hydrogen) atoms. The summed E-state index contributed by atoms with van der Waals surface area (Å²) < 4.78 is 11.8. The summed E-state index contributed by atoms with van der Waals surface area (Å²) in [5.74, 6) is -2.91. The first-order chi connectivity index (χ1) is 20.3. The maximum Gasteiger partial charge on any atom is 0.338 e. The summed E-state index contributed by atoms with van der Waals surface area (Å²) in [5.41, 5.74) is 1.39. The number of thiazole rings is 1. The lowest BCUT2D eigenvalue weighted by atomic mass is 9.83. The average Bonchev–Trinajstić information content (AvgIpc) is 3.44. The van der Waals surface area contributed by atoms with Crippen LogP contribution in [0.25, 0.3) is 0 Å². The predicted molar refractivity (Wildman–Crippen MR) is 157 cm³/mol. The second-order valence-electron chi connectivity index (χ2n) is 9.99. The number of halogens is 1. The molecule has 4 heterocycles. The highest BCUT2D eigenvalue weighted by atomic mass is 35.5. The molecule has 6 rings (SSSR count). The van der Waals surface area contributed by atoms with Crippen LogP contribution in [-0.4, -0.2) is 71.3 Å². The SMILES string of the molecule is CCOC(=O)c1ccc(N2C(=O)[C@H]3[C@H](c4ccc(Cl)cc4)c4sc(=O)n(CC(=O)N5CCOCC5)c4S[C@H]3C2=O)cc1. The monoisotopic (exact) mass is 627 g/mol. The molecular weight excluding hydrogens is 602 g/mol. The lowest BCUT2D eigenvalue weighted by Gasteiger charge is -2.31. The number of carbonyl (C=O) groups is 4. The van der Waals surface area contributed by atoms with Gasteiger partial charge in [0.2, 0.25) is 17.7 Å². The van der Waals surface area contributed by atoms with E-state index in [2.05, 4.69) is 0 Å². The number of hydrogen-bond acceptors (Lipinski definition) is 9. The van der Waals surface area contributed by atoms with Gasteiger partial charge in [-0.2, -0.15) is 0 Å². The molecule has 3 aromatic rings. The first-order valence-corrected chi connectivity index (χ1v) is 15.5. The predicted octanol–water partition coefficient (Wildman–Crippen LogP) is 3.39. The molecule has 0 unspecified atom stereocenters. The third-order valence-electron chi connectivity index (χ3n) is 7.57. The summed E-state index contributed by atoms with van der Waals surface area (Å²) in [6, 6.07) is 13.2. The minimum Gasteiger partial charge on any atom is -0.462 e. The van der Waals surface area contributed by atoms with Crippen LogP contribution in [-0.2, 0) is 30.4 Å². The number of fused-ring (bicyclic) bond motifs is 2. The van der Waals surface area contributed by atoms with Crippen molar-refractivity contribution in [2.75, 3.05) is 37.8 Å². The van der Waals surface area contributed by atoms with Crippen molar-refractivity contribution in [2.45, 2.75) is 29.7 Å². The lowest BCUT2D eigenvalue weighted by Crippen LogP contribution is -2.43. The Labute approximate surface area is 254 Å². The number of esters is 1. The average molecular weight is 628 g/mol. The van der Waals surface area contributed by atoms with Crippen molar-refractivity contribution in [3.05, 3.63) is 79.2 Å². The van der Waals surface area contributed by atoms with Crippen molar-refractivity contribution in [1.29, 1.82) is 0 Å². The number of ether oxygens (including phenoxy) is 2. The molecule has 3 amide bonds. The number of aromatic nitrogens is 1. The van der Waals surface area contributed by atoms with Crippen LogP contribution in [0, 0.1) is 5.92 Å². The van der Waals surface area contributed by atoms with Crippen LogP contribution in [0.4, 0.5) is 5.69 Å². The van der Waals surface area contributed by atoms with Crippen LogP contribution >= 0.6 is 34.7 Å². The Hall–Kier alpha value is -3.45. The summed E-state index contributed by atoms with van der Waals surface area (Å²) in [7, 11) is 0. The van der Waals surface area contributed by atoms with Gasteiger partial charge in [-0.05, 0) is 48.9 Å².